The lowest BCUT2D eigenvalue weighted by atomic mass is 9.99. The number of para-hydroxylation sites is 1. The fourth-order valence-corrected chi connectivity index (χ4v) is 5.26. The molecule has 2 heterocycles. The summed E-state index contributed by atoms with van der Waals surface area (Å²) in [4.78, 5) is 14.2. The first-order chi connectivity index (χ1) is 18.4. The van der Waals surface area contributed by atoms with Gasteiger partial charge in [-0.1, -0.05) is 30.3 Å². The van der Waals surface area contributed by atoms with Crippen molar-refractivity contribution in [3.63, 3.8) is 0 Å². The Hall–Kier alpha value is -3.85. The molecule has 0 saturated heterocycles. The van der Waals surface area contributed by atoms with E-state index in [0.717, 1.165) is 55.2 Å². The molecular formula is C30H30ClN3O4S. The second-order valence-corrected chi connectivity index (χ2v) is 10.0. The van der Waals surface area contributed by atoms with Crippen molar-refractivity contribution >= 4 is 34.1 Å². The number of nitrogens with zero attached hydrogens (tertiary/aromatic N) is 1. The number of rotatable bonds is 8. The number of ether oxygens (including phenoxy) is 2. The largest absolute Gasteiger partial charge is 1.00 e. The lowest BCUT2D eigenvalue weighted by Crippen LogP contribution is -3.00. The number of anilines is 1. The predicted molar refractivity (Wildman–Crippen MR) is 151 cm³/mol. The molecule has 1 amide bonds. The molecule has 7 nitrogen and oxygen atoms in total. The first-order valence-electron chi connectivity index (χ1n) is 12.3. The van der Waals surface area contributed by atoms with Gasteiger partial charge in [0.25, 0.3) is 5.91 Å². The molecule has 3 aromatic carbocycles. The molecule has 202 valence electrons. The lowest BCUT2D eigenvalue weighted by molar-refractivity contribution is -0.402. The van der Waals surface area contributed by atoms with Crippen LogP contribution in [0.4, 0.5) is 5.69 Å². The Morgan fingerprint density at radius 1 is 1.03 bits per heavy atom. The van der Waals surface area contributed by atoms with E-state index in [4.69, 9.17) is 13.9 Å². The van der Waals surface area contributed by atoms with Crippen molar-refractivity contribution in [2.75, 3.05) is 19.5 Å². The zero-order valence-electron chi connectivity index (χ0n) is 22.2. The molecule has 0 aliphatic rings. The average molecular weight is 564 g/mol. The quantitative estimate of drug-likeness (QED) is 0.302. The van der Waals surface area contributed by atoms with Gasteiger partial charge in [0, 0.05) is 17.1 Å². The van der Waals surface area contributed by atoms with Gasteiger partial charge in [-0.15, -0.1) is 0 Å². The number of hydrogen-bond acceptors (Lipinski definition) is 6. The highest BCUT2D eigenvalue weighted by atomic mass is 35.5. The van der Waals surface area contributed by atoms with Gasteiger partial charge >= 0.3 is 0 Å². The van der Waals surface area contributed by atoms with Crippen molar-refractivity contribution in [2.45, 2.75) is 26.3 Å². The number of furan rings is 1. The molecule has 2 aromatic heterocycles. The third-order valence-electron chi connectivity index (χ3n) is 6.74. The fraction of sp³-hybridized carbons (Fsp3) is 0.200. The van der Waals surface area contributed by atoms with Gasteiger partial charge in [-0.2, -0.15) is 4.37 Å². The maximum absolute atomic E-state index is 13.1. The number of amides is 1. The number of aromatic nitrogens is 1. The van der Waals surface area contributed by atoms with Crippen LogP contribution in [0, 0.1) is 13.8 Å². The van der Waals surface area contributed by atoms with Crippen LogP contribution in [0.5, 0.6) is 11.5 Å². The first-order valence-corrected chi connectivity index (χ1v) is 13.1. The standard InChI is InChI=1S/C30H29N3O4S.ClH/c1-17-11-21(14-28(36-4)18(17)2)29-23(16-32-38-29)19-9-10-27(35-3)25(13-19)33-30(34)24(31)15-22-12-20-7-5-6-8-26(20)37-22;/h5-14,16,24H,15,31H2,1-4H3,(H,33,34);1H/t24-;/m0./s1. The zero-order chi connectivity index (χ0) is 26.8. The summed E-state index contributed by atoms with van der Waals surface area (Å²) in [5.41, 5.74) is 10.6. The van der Waals surface area contributed by atoms with E-state index in [1.54, 1.807) is 14.2 Å². The summed E-state index contributed by atoms with van der Waals surface area (Å²) in [6, 6.07) is 19.1. The molecule has 0 spiro atoms. The van der Waals surface area contributed by atoms with E-state index in [1.165, 1.54) is 11.5 Å². The van der Waals surface area contributed by atoms with Crippen molar-refractivity contribution < 1.29 is 36.8 Å². The summed E-state index contributed by atoms with van der Waals surface area (Å²) < 4.78 is 21.5. The van der Waals surface area contributed by atoms with Crippen LogP contribution in [0.2, 0.25) is 0 Å². The molecule has 0 unspecified atom stereocenters. The minimum absolute atomic E-state index is 0. The van der Waals surface area contributed by atoms with Gasteiger partial charge in [0.15, 0.2) is 6.04 Å². The van der Waals surface area contributed by atoms with Gasteiger partial charge in [0.2, 0.25) is 0 Å². The normalized spacial score (nSPS) is 11.6. The average Bonchev–Trinajstić information content (AvgIpc) is 3.57. The molecular weight excluding hydrogens is 534 g/mol. The van der Waals surface area contributed by atoms with E-state index in [0.29, 0.717) is 17.9 Å². The molecule has 4 N–H and O–H groups in total. The van der Waals surface area contributed by atoms with Crippen LogP contribution in [0.25, 0.3) is 32.5 Å². The number of carbonyl (C=O) groups excluding carboxylic acids is 1. The Bertz CT molecular complexity index is 1600. The summed E-state index contributed by atoms with van der Waals surface area (Å²) >= 11 is 1.42. The van der Waals surface area contributed by atoms with E-state index in [9.17, 15) is 4.79 Å². The number of benzene rings is 3. The maximum atomic E-state index is 13.1. The Morgan fingerprint density at radius 2 is 1.79 bits per heavy atom. The van der Waals surface area contributed by atoms with Crippen molar-refractivity contribution in [1.29, 1.82) is 0 Å². The van der Waals surface area contributed by atoms with E-state index >= 15 is 0 Å². The van der Waals surface area contributed by atoms with Crippen molar-refractivity contribution in [3.8, 4) is 33.1 Å². The first kappa shape index (κ1) is 28.2. The number of nitrogens with one attached hydrogen (secondary N) is 1. The molecule has 0 saturated carbocycles. The van der Waals surface area contributed by atoms with Gasteiger partial charge in [-0.3, -0.25) is 4.79 Å². The molecule has 5 aromatic rings. The Labute approximate surface area is 237 Å². The third-order valence-corrected chi connectivity index (χ3v) is 7.58. The number of carbonyl (C=O) groups is 1. The van der Waals surface area contributed by atoms with Gasteiger partial charge in [-0.25, -0.2) is 0 Å². The summed E-state index contributed by atoms with van der Waals surface area (Å²) in [6.07, 6.45) is 2.23. The van der Waals surface area contributed by atoms with Gasteiger partial charge in [0.05, 0.1) is 31.2 Å². The van der Waals surface area contributed by atoms with Gasteiger partial charge in [-0.05, 0) is 78.0 Å². The molecule has 0 radical (unpaired) electrons. The number of aryl methyl sites for hydroxylation is 1. The summed E-state index contributed by atoms with van der Waals surface area (Å²) in [7, 11) is 3.27. The molecule has 5 rings (SSSR count). The minimum Gasteiger partial charge on any atom is -1.00 e. The molecule has 9 heteroatoms. The van der Waals surface area contributed by atoms with Crippen molar-refractivity contribution in [3.05, 3.63) is 83.7 Å². The monoisotopic (exact) mass is 563 g/mol. The van der Waals surface area contributed by atoms with E-state index in [1.807, 2.05) is 67.7 Å². The van der Waals surface area contributed by atoms with Crippen LogP contribution >= 0.6 is 11.5 Å². The summed E-state index contributed by atoms with van der Waals surface area (Å²) in [5, 5.41) is 4.01. The smallest absolute Gasteiger partial charge is 0.283 e. The highest BCUT2D eigenvalue weighted by Gasteiger charge is 2.22. The van der Waals surface area contributed by atoms with E-state index in [-0.39, 0.29) is 18.3 Å². The SMILES string of the molecule is COc1ccc(-c2cnsc2-c2cc(C)c(C)c(OC)c2)cc1NC(=O)[C@@H]([NH3+])Cc1cc2ccccc2o1.[Cl-]. The molecule has 0 bridgehead atoms. The van der Waals surface area contributed by atoms with E-state index < -0.39 is 6.04 Å². The van der Waals surface area contributed by atoms with Gasteiger partial charge in [0.1, 0.15) is 22.8 Å². The van der Waals surface area contributed by atoms with Crippen LogP contribution in [0.3, 0.4) is 0 Å². The topological polar surface area (TPSA) is 101 Å². The molecule has 39 heavy (non-hydrogen) atoms. The minimum atomic E-state index is -0.551. The molecule has 1 atom stereocenters. The Balaban J connectivity index is 0.00000353. The maximum Gasteiger partial charge on any atom is 0.283 e. The zero-order valence-corrected chi connectivity index (χ0v) is 23.8. The highest BCUT2D eigenvalue weighted by molar-refractivity contribution is 7.10. The number of fused-ring (bicyclic) bond motifs is 1. The Kier molecular flexibility index (Phi) is 8.60. The summed E-state index contributed by atoms with van der Waals surface area (Å²) in [5.74, 6) is 1.91. The number of hydrogen-bond donors (Lipinski definition) is 2. The highest BCUT2D eigenvalue weighted by Crippen LogP contribution is 2.40. The number of methoxy groups -OCH3 is 2. The number of quaternary nitrogens is 1. The van der Waals surface area contributed by atoms with Crippen LogP contribution in [0.15, 0.2) is 71.3 Å². The molecule has 0 aliphatic heterocycles. The van der Waals surface area contributed by atoms with Crippen molar-refractivity contribution in [2.24, 2.45) is 0 Å². The van der Waals surface area contributed by atoms with Crippen LogP contribution in [-0.4, -0.2) is 30.5 Å². The number of halogens is 1. The third kappa shape index (κ3) is 5.78. The fourth-order valence-electron chi connectivity index (χ4n) is 4.50. The Morgan fingerprint density at radius 3 is 2.54 bits per heavy atom. The van der Waals surface area contributed by atoms with Crippen LogP contribution in [-0.2, 0) is 11.2 Å². The van der Waals surface area contributed by atoms with Crippen LogP contribution in [0.1, 0.15) is 16.9 Å². The van der Waals surface area contributed by atoms with Crippen LogP contribution < -0.4 is 32.9 Å². The molecule has 0 fully saturated rings. The summed E-state index contributed by atoms with van der Waals surface area (Å²) in [6.45, 7) is 4.12. The second-order valence-electron chi connectivity index (χ2n) is 9.24. The molecule has 0 aliphatic carbocycles. The van der Waals surface area contributed by atoms with Gasteiger partial charge < -0.3 is 37.3 Å². The predicted octanol–water partition coefficient (Wildman–Crippen LogP) is 2.65. The van der Waals surface area contributed by atoms with Crippen molar-refractivity contribution in [1.82, 2.24) is 4.37 Å². The second kappa shape index (κ2) is 11.9. The lowest BCUT2D eigenvalue weighted by Gasteiger charge is -2.14. The van der Waals surface area contributed by atoms with E-state index in [2.05, 4.69) is 28.4 Å².